The summed E-state index contributed by atoms with van der Waals surface area (Å²) in [6, 6.07) is 44.6. The Labute approximate surface area is 214 Å². The Kier molecular flexibility index (Phi) is 4.77. The van der Waals surface area contributed by atoms with Crippen LogP contribution in [0.5, 0.6) is 0 Å². The second kappa shape index (κ2) is 8.15. The van der Waals surface area contributed by atoms with Crippen molar-refractivity contribution in [1.29, 1.82) is 0 Å². The molecule has 1 aliphatic rings. The van der Waals surface area contributed by atoms with Crippen LogP contribution in [0.3, 0.4) is 0 Å². The maximum atomic E-state index is 6.80. The van der Waals surface area contributed by atoms with Crippen molar-refractivity contribution < 1.29 is 0 Å². The summed E-state index contributed by atoms with van der Waals surface area (Å²) in [6.45, 7) is 0. The summed E-state index contributed by atoms with van der Waals surface area (Å²) in [4.78, 5) is 9.68. The van der Waals surface area contributed by atoms with Gasteiger partial charge in [0.05, 0.1) is 16.4 Å². The molecule has 0 bridgehead atoms. The van der Waals surface area contributed by atoms with Crippen LogP contribution in [0.1, 0.15) is 22.3 Å². The van der Waals surface area contributed by atoms with E-state index in [0.717, 1.165) is 22.2 Å². The second-order valence-corrected chi connectivity index (χ2v) is 9.47. The van der Waals surface area contributed by atoms with Gasteiger partial charge in [0.2, 0.25) is 0 Å². The van der Waals surface area contributed by atoms with Crippen molar-refractivity contribution in [2.24, 2.45) is 0 Å². The number of para-hydroxylation sites is 2. The molecule has 5 aromatic carbocycles. The van der Waals surface area contributed by atoms with Crippen molar-refractivity contribution in [2.75, 3.05) is 0 Å². The van der Waals surface area contributed by atoms with Gasteiger partial charge in [0.25, 0.3) is 0 Å². The number of aromatic nitrogens is 2. The van der Waals surface area contributed by atoms with Crippen molar-refractivity contribution in [2.45, 2.75) is 5.41 Å². The van der Waals surface area contributed by atoms with Crippen LogP contribution >= 0.6 is 11.6 Å². The number of hydrogen-bond acceptors (Lipinski definition) is 2. The molecule has 0 atom stereocenters. The van der Waals surface area contributed by atoms with E-state index >= 15 is 0 Å². The van der Waals surface area contributed by atoms with Gasteiger partial charge in [-0.3, -0.25) is 0 Å². The topological polar surface area (TPSA) is 25.8 Å². The zero-order valence-electron chi connectivity index (χ0n) is 19.4. The lowest BCUT2D eigenvalue weighted by atomic mass is 9.67. The summed E-state index contributed by atoms with van der Waals surface area (Å²) < 4.78 is 0. The molecule has 0 aliphatic heterocycles. The van der Waals surface area contributed by atoms with Crippen molar-refractivity contribution in [1.82, 2.24) is 9.97 Å². The highest BCUT2D eigenvalue weighted by Gasteiger charge is 2.46. The third kappa shape index (κ3) is 2.92. The van der Waals surface area contributed by atoms with Crippen LogP contribution in [-0.4, -0.2) is 9.97 Å². The lowest BCUT2D eigenvalue weighted by Gasteiger charge is -2.33. The Morgan fingerprint density at radius 3 is 1.69 bits per heavy atom. The molecular weight excluding hydrogens is 460 g/mol. The summed E-state index contributed by atoms with van der Waals surface area (Å²) in [6.07, 6.45) is 0. The molecule has 3 heteroatoms. The molecule has 0 N–H and O–H groups in total. The van der Waals surface area contributed by atoms with Crippen molar-refractivity contribution in [3.05, 3.63) is 155 Å². The first-order chi connectivity index (χ1) is 17.8. The molecule has 0 fully saturated rings. The molecule has 0 spiro atoms. The third-order valence-electron chi connectivity index (χ3n) is 7.27. The van der Waals surface area contributed by atoms with E-state index in [1.54, 1.807) is 0 Å². The Bertz CT molecular complexity index is 1700. The van der Waals surface area contributed by atoms with Gasteiger partial charge >= 0.3 is 0 Å². The Morgan fingerprint density at radius 2 is 1.00 bits per heavy atom. The standard InChI is InChI=1S/C33H21ClN2/c34-32-31(35-28-20-9-10-21-29(28)36-32)25-17-11-19-27-30(25)24-16-7-8-18-26(24)33(27,22-12-3-1-4-13-22)23-14-5-2-6-15-23/h1-21H. The molecule has 0 saturated carbocycles. The summed E-state index contributed by atoms with van der Waals surface area (Å²) >= 11 is 6.80. The van der Waals surface area contributed by atoms with E-state index in [0.29, 0.717) is 10.8 Å². The van der Waals surface area contributed by atoms with E-state index in [9.17, 15) is 0 Å². The molecular formula is C33H21ClN2. The van der Waals surface area contributed by atoms with Gasteiger partial charge in [-0.05, 0) is 45.5 Å². The summed E-state index contributed by atoms with van der Waals surface area (Å²) in [7, 11) is 0. The lowest BCUT2D eigenvalue weighted by molar-refractivity contribution is 0.768. The molecule has 1 heterocycles. The molecule has 0 saturated heterocycles. The maximum Gasteiger partial charge on any atom is 0.156 e. The van der Waals surface area contributed by atoms with Crippen LogP contribution in [0.2, 0.25) is 5.15 Å². The van der Waals surface area contributed by atoms with Gasteiger partial charge in [0, 0.05) is 5.56 Å². The quantitative estimate of drug-likeness (QED) is 0.254. The first kappa shape index (κ1) is 21.0. The summed E-state index contributed by atoms with van der Waals surface area (Å²) in [5, 5.41) is 0.413. The lowest BCUT2D eigenvalue weighted by Crippen LogP contribution is -2.28. The minimum absolute atomic E-state index is 0.413. The molecule has 7 rings (SSSR count). The van der Waals surface area contributed by atoms with E-state index in [1.165, 1.54) is 27.8 Å². The van der Waals surface area contributed by atoms with Crippen LogP contribution in [0.25, 0.3) is 33.4 Å². The SMILES string of the molecule is Clc1nc2ccccc2nc1-c1cccc2c1-c1ccccc1C2(c1ccccc1)c1ccccc1. The van der Waals surface area contributed by atoms with E-state index in [2.05, 4.69) is 108 Å². The van der Waals surface area contributed by atoms with E-state index in [4.69, 9.17) is 16.6 Å². The van der Waals surface area contributed by atoms with Gasteiger partial charge in [-0.2, -0.15) is 0 Å². The largest absolute Gasteiger partial charge is 0.243 e. The van der Waals surface area contributed by atoms with E-state index < -0.39 is 5.41 Å². The highest BCUT2D eigenvalue weighted by atomic mass is 35.5. The second-order valence-electron chi connectivity index (χ2n) is 9.11. The first-order valence-corrected chi connectivity index (χ1v) is 12.4. The molecule has 36 heavy (non-hydrogen) atoms. The fourth-order valence-corrected chi connectivity index (χ4v) is 6.08. The predicted octanol–water partition coefficient (Wildman–Crippen LogP) is 8.31. The van der Waals surface area contributed by atoms with Gasteiger partial charge in [-0.15, -0.1) is 0 Å². The van der Waals surface area contributed by atoms with E-state index in [-0.39, 0.29) is 0 Å². The molecule has 0 amide bonds. The average Bonchev–Trinajstić information content (AvgIpc) is 3.25. The van der Waals surface area contributed by atoms with E-state index in [1.807, 2.05) is 24.3 Å². The average molecular weight is 481 g/mol. The van der Waals surface area contributed by atoms with Gasteiger partial charge in [-0.25, -0.2) is 9.97 Å². The first-order valence-electron chi connectivity index (χ1n) is 12.1. The highest BCUT2D eigenvalue weighted by Crippen LogP contribution is 2.58. The molecule has 0 unspecified atom stereocenters. The fourth-order valence-electron chi connectivity index (χ4n) is 5.84. The van der Waals surface area contributed by atoms with Gasteiger partial charge in [0.1, 0.15) is 5.69 Å². The molecule has 6 aromatic rings. The minimum atomic E-state index is -0.457. The highest BCUT2D eigenvalue weighted by molar-refractivity contribution is 6.32. The Morgan fingerprint density at radius 1 is 0.472 bits per heavy atom. The van der Waals surface area contributed by atoms with Gasteiger partial charge in [0.15, 0.2) is 5.15 Å². The normalized spacial score (nSPS) is 13.4. The molecule has 170 valence electrons. The smallest absolute Gasteiger partial charge is 0.156 e. The third-order valence-corrected chi connectivity index (χ3v) is 7.53. The Hall–Kier alpha value is -4.27. The maximum absolute atomic E-state index is 6.80. The Balaban J connectivity index is 1.62. The molecule has 1 aromatic heterocycles. The molecule has 2 nitrogen and oxygen atoms in total. The van der Waals surface area contributed by atoms with Crippen LogP contribution < -0.4 is 0 Å². The number of hydrogen-bond donors (Lipinski definition) is 0. The molecule has 1 aliphatic carbocycles. The summed E-state index contributed by atoms with van der Waals surface area (Å²) in [5.74, 6) is 0. The fraction of sp³-hybridized carbons (Fsp3) is 0.0303. The monoisotopic (exact) mass is 480 g/mol. The van der Waals surface area contributed by atoms with Gasteiger partial charge in [-0.1, -0.05) is 127 Å². The zero-order chi connectivity index (χ0) is 24.1. The van der Waals surface area contributed by atoms with Gasteiger partial charge < -0.3 is 0 Å². The predicted molar refractivity (Wildman–Crippen MR) is 147 cm³/mol. The minimum Gasteiger partial charge on any atom is -0.243 e. The van der Waals surface area contributed by atoms with Crippen molar-refractivity contribution in [3.63, 3.8) is 0 Å². The number of rotatable bonds is 3. The molecule has 0 radical (unpaired) electrons. The van der Waals surface area contributed by atoms with Crippen LogP contribution in [0.15, 0.2) is 127 Å². The van der Waals surface area contributed by atoms with Crippen LogP contribution in [-0.2, 0) is 5.41 Å². The number of fused-ring (bicyclic) bond motifs is 4. The number of nitrogens with zero attached hydrogens (tertiary/aromatic N) is 2. The van der Waals surface area contributed by atoms with Crippen molar-refractivity contribution >= 4 is 22.6 Å². The van der Waals surface area contributed by atoms with Crippen LogP contribution in [0.4, 0.5) is 0 Å². The number of halogens is 1. The van der Waals surface area contributed by atoms with Crippen LogP contribution in [0, 0.1) is 0 Å². The number of benzene rings is 5. The summed E-state index contributed by atoms with van der Waals surface area (Å²) in [5.41, 5.74) is 10.2. The van der Waals surface area contributed by atoms with Crippen molar-refractivity contribution in [3.8, 4) is 22.4 Å². The zero-order valence-corrected chi connectivity index (χ0v) is 20.2.